The molecule has 3 saturated heterocycles. The average molecular weight is 173 g/mol. The van der Waals surface area contributed by atoms with Crippen molar-refractivity contribution in [3.63, 3.8) is 0 Å². The van der Waals surface area contributed by atoms with Crippen molar-refractivity contribution in [2.45, 2.75) is 19.3 Å². The molecule has 0 radical (unpaired) electrons. The smallest absolute Gasteiger partial charge is 0.284 e. The van der Waals surface area contributed by atoms with Crippen LogP contribution in [0, 0.1) is 5.41 Å². The molecule has 4 nitrogen and oxygen atoms in total. The number of fused-ring (bicyclic) bond motifs is 3. The maximum Gasteiger partial charge on any atom is 0.284 e. The van der Waals surface area contributed by atoms with E-state index in [4.69, 9.17) is 19.9 Å². The maximum absolute atomic E-state index is 5.48. The molecular formula is C8H15NO3. The van der Waals surface area contributed by atoms with Crippen LogP contribution >= 0.6 is 0 Å². The molecule has 0 atom stereocenters. The molecule has 70 valence electrons. The third-order valence-corrected chi connectivity index (χ3v) is 2.37. The van der Waals surface area contributed by atoms with Crippen molar-refractivity contribution in [2.24, 2.45) is 11.1 Å². The van der Waals surface area contributed by atoms with Crippen LogP contribution in [0.15, 0.2) is 0 Å². The normalized spacial score (nSPS) is 46.5. The highest BCUT2D eigenvalue weighted by molar-refractivity contribution is 4.84. The summed E-state index contributed by atoms with van der Waals surface area (Å²) in [5, 5.41) is 0. The highest BCUT2D eigenvalue weighted by Gasteiger charge is 2.49. The quantitative estimate of drug-likeness (QED) is 0.642. The second kappa shape index (κ2) is 2.67. The summed E-state index contributed by atoms with van der Waals surface area (Å²) in [6.07, 6.45) is 0.614. The van der Waals surface area contributed by atoms with Gasteiger partial charge in [0.25, 0.3) is 5.97 Å². The van der Waals surface area contributed by atoms with Crippen LogP contribution < -0.4 is 5.73 Å². The molecule has 4 heteroatoms. The fraction of sp³-hybridized carbons (Fsp3) is 1.00. The van der Waals surface area contributed by atoms with Gasteiger partial charge in [-0.1, -0.05) is 6.92 Å². The van der Waals surface area contributed by atoms with Crippen LogP contribution in [0.25, 0.3) is 0 Å². The van der Waals surface area contributed by atoms with Gasteiger partial charge in [-0.05, 0) is 0 Å². The Labute approximate surface area is 72.0 Å². The van der Waals surface area contributed by atoms with Crippen molar-refractivity contribution in [3.8, 4) is 0 Å². The van der Waals surface area contributed by atoms with E-state index in [1.165, 1.54) is 0 Å². The molecule has 3 aliphatic heterocycles. The van der Waals surface area contributed by atoms with E-state index in [-0.39, 0.29) is 5.41 Å². The Kier molecular flexibility index (Phi) is 1.88. The summed E-state index contributed by atoms with van der Waals surface area (Å²) in [6.45, 7) is 4.77. The van der Waals surface area contributed by atoms with E-state index in [2.05, 4.69) is 6.92 Å². The van der Waals surface area contributed by atoms with E-state index in [0.717, 1.165) is 0 Å². The van der Waals surface area contributed by atoms with Crippen LogP contribution in [0.2, 0.25) is 0 Å². The lowest BCUT2D eigenvalue weighted by Gasteiger charge is -2.50. The van der Waals surface area contributed by atoms with E-state index >= 15 is 0 Å². The monoisotopic (exact) mass is 173 g/mol. The van der Waals surface area contributed by atoms with Crippen molar-refractivity contribution in [3.05, 3.63) is 0 Å². The molecule has 12 heavy (non-hydrogen) atoms. The standard InChI is InChI=1S/C8H15NO3/c1-7-4-10-8(2-3-9,11-5-7)12-6-7/h2-6,9H2,1H3. The molecule has 3 fully saturated rings. The van der Waals surface area contributed by atoms with Gasteiger partial charge in [0, 0.05) is 18.4 Å². The minimum atomic E-state index is -0.813. The Morgan fingerprint density at radius 2 is 1.67 bits per heavy atom. The Balaban J connectivity index is 2.04. The molecule has 0 spiro atoms. The van der Waals surface area contributed by atoms with Crippen molar-refractivity contribution in [2.75, 3.05) is 26.4 Å². The molecule has 0 aliphatic carbocycles. The van der Waals surface area contributed by atoms with E-state index in [9.17, 15) is 0 Å². The predicted octanol–water partition coefficient (Wildman–Crippen LogP) is 0.0723. The van der Waals surface area contributed by atoms with Gasteiger partial charge in [0.15, 0.2) is 0 Å². The lowest BCUT2D eigenvalue weighted by molar-refractivity contribution is -0.466. The highest BCUT2D eigenvalue weighted by Crippen LogP contribution is 2.39. The van der Waals surface area contributed by atoms with Crippen molar-refractivity contribution in [1.29, 1.82) is 0 Å². The van der Waals surface area contributed by atoms with Crippen LogP contribution in [0.1, 0.15) is 13.3 Å². The molecule has 3 heterocycles. The number of hydrogen-bond acceptors (Lipinski definition) is 4. The Bertz CT molecular complexity index is 159. The third-order valence-electron chi connectivity index (χ3n) is 2.37. The fourth-order valence-corrected chi connectivity index (χ4v) is 1.50. The van der Waals surface area contributed by atoms with Crippen LogP contribution in [0.5, 0.6) is 0 Å². The molecular weight excluding hydrogens is 158 g/mol. The summed E-state index contributed by atoms with van der Waals surface area (Å²) >= 11 is 0. The van der Waals surface area contributed by atoms with Gasteiger partial charge in [-0.15, -0.1) is 0 Å². The minimum Gasteiger partial charge on any atom is -0.330 e. The second-order valence-corrected chi connectivity index (χ2v) is 3.90. The average Bonchev–Trinajstić information content (AvgIpc) is 2.08. The zero-order valence-electron chi connectivity index (χ0n) is 7.34. The van der Waals surface area contributed by atoms with Crippen LogP contribution in [-0.2, 0) is 14.2 Å². The summed E-state index contributed by atoms with van der Waals surface area (Å²) in [6, 6.07) is 0. The highest BCUT2D eigenvalue weighted by atomic mass is 16.9. The largest absolute Gasteiger partial charge is 0.330 e. The first kappa shape index (κ1) is 8.44. The lowest BCUT2D eigenvalue weighted by Crippen LogP contribution is -2.59. The summed E-state index contributed by atoms with van der Waals surface area (Å²) < 4.78 is 16.5. The first-order chi connectivity index (χ1) is 5.68. The summed E-state index contributed by atoms with van der Waals surface area (Å²) in [5.74, 6) is -0.813. The van der Waals surface area contributed by atoms with E-state index < -0.39 is 5.97 Å². The molecule has 2 bridgehead atoms. The molecule has 0 unspecified atom stereocenters. The minimum absolute atomic E-state index is 0.0519. The zero-order chi connectivity index (χ0) is 8.66. The summed E-state index contributed by atoms with van der Waals surface area (Å²) in [5.41, 5.74) is 5.48. The van der Waals surface area contributed by atoms with Gasteiger partial charge in [-0.25, -0.2) is 0 Å². The number of nitrogens with two attached hydrogens (primary N) is 1. The topological polar surface area (TPSA) is 53.7 Å². The number of ether oxygens (including phenoxy) is 3. The van der Waals surface area contributed by atoms with Gasteiger partial charge < -0.3 is 19.9 Å². The van der Waals surface area contributed by atoms with Crippen molar-refractivity contribution >= 4 is 0 Å². The SMILES string of the molecule is CC12COC(CCN)(OC1)OC2. The summed E-state index contributed by atoms with van der Waals surface area (Å²) in [7, 11) is 0. The molecule has 0 aromatic carbocycles. The molecule has 3 aliphatic rings. The van der Waals surface area contributed by atoms with Gasteiger partial charge >= 0.3 is 0 Å². The Hall–Kier alpha value is -0.160. The molecule has 0 amide bonds. The predicted molar refractivity (Wildman–Crippen MR) is 42.4 cm³/mol. The lowest BCUT2D eigenvalue weighted by atomic mass is 9.91. The molecule has 0 aromatic heterocycles. The van der Waals surface area contributed by atoms with E-state index in [0.29, 0.717) is 32.8 Å². The van der Waals surface area contributed by atoms with E-state index in [1.807, 2.05) is 0 Å². The Morgan fingerprint density at radius 1 is 1.17 bits per heavy atom. The van der Waals surface area contributed by atoms with Crippen LogP contribution in [0.4, 0.5) is 0 Å². The fourth-order valence-electron chi connectivity index (χ4n) is 1.50. The van der Waals surface area contributed by atoms with E-state index in [1.54, 1.807) is 0 Å². The molecule has 3 rings (SSSR count). The first-order valence-corrected chi connectivity index (χ1v) is 4.30. The molecule has 0 aromatic rings. The maximum atomic E-state index is 5.48. The van der Waals surface area contributed by atoms with Crippen molar-refractivity contribution < 1.29 is 14.2 Å². The van der Waals surface area contributed by atoms with Gasteiger partial charge in [-0.3, -0.25) is 0 Å². The molecule has 0 saturated carbocycles. The van der Waals surface area contributed by atoms with Gasteiger partial charge in [0.2, 0.25) is 0 Å². The first-order valence-electron chi connectivity index (χ1n) is 4.30. The van der Waals surface area contributed by atoms with Crippen LogP contribution in [-0.4, -0.2) is 32.3 Å². The van der Waals surface area contributed by atoms with Gasteiger partial charge in [-0.2, -0.15) is 0 Å². The number of hydrogen-bond donors (Lipinski definition) is 1. The zero-order valence-corrected chi connectivity index (χ0v) is 7.34. The van der Waals surface area contributed by atoms with Crippen molar-refractivity contribution in [1.82, 2.24) is 0 Å². The second-order valence-electron chi connectivity index (χ2n) is 3.90. The summed E-state index contributed by atoms with van der Waals surface area (Å²) in [4.78, 5) is 0. The Morgan fingerprint density at radius 3 is 2.08 bits per heavy atom. The van der Waals surface area contributed by atoms with Crippen LogP contribution in [0.3, 0.4) is 0 Å². The molecule has 2 N–H and O–H groups in total. The third kappa shape index (κ3) is 1.25. The van der Waals surface area contributed by atoms with Gasteiger partial charge in [0.1, 0.15) is 0 Å². The number of rotatable bonds is 2. The van der Waals surface area contributed by atoms with Gasteiger partial charge in [0.05, 0.1) is 19.8 Å².